The summed E-state index contributed by atoms with van der Waals surface area (Å²) < 4.78 is 5.61. The first kappa shape index (κ1) is 14.3. The summed E-state index contributed by atoms with van der Waals surface area (Å²) in [5.41, 5.74) is 0. The van der Waals surface area contributed by atoms with Crippen molar-refractivity contribution in [1.82, 2.24) is 10.2 Å². The second-order valence-electron chi connectivity index (χ2n) is 6.04. The van der Waals surface area contributed by atoms with E-state index in [0.717, 1.165) is 25.0 Å². The second kappa shape index (κ2) is 8.13. The van der Waals surface area contributed by atoms with Crippen LogP contribution >= 0.6 is 0 Å². The summed E-state index contributed by atoms with van der Waals surface area (Å²) in [6.45, 7) is 10.6. The van der Waals surface area contributed by atoms with Crippen LogP contribution in [-0.4, -0.2) is 50.8 Å². The van der Waals surface area contributed by atoms with Crippen LogP contribution in [0, 0.1) is 11.8 Å². The predicted octanol–water partition coefficient (Wildman–Crippen LogP) is 2.12. The lowest BCUT2D eigenvalue weighted by molar-refractivity contribution is 0.0351. The van der Waals surface area contributed by atoms with E-state index in [-0.39, 0.29) is 0 Å². The molecule has 106 valence electrons. The molecule has 0 saturated carbocycles. The van der Waals surface area contributed by atoms with Gasteiger partial charge in [0.25, 0.3) is 0 Å². The molecular weight excluding hydrogens is 224 g/mol. The summed E-state index contributed by atoms with van der Waals surface area (Å²) in [4.78, 5) is 2.70. The number of rotatable bonds is 6. The van der Waals surface area contributed by atoms with Crippen LogP contribution in [0.4, 0.5) is 0 Å². The molecule has 3 nitrogen and oxygen atoms in total. The average Bonchev–Trinajstić information content (AvgIpc) is 2.41. The standard InChI is InChI=1S/C15H30N2O/c1-2-9-17(11-14-5-7-16-8-6-14)12-15-4-3-10-18-13-15/h14-16H,2-13H2,1H3. The van der Waals surface area contributed by atoms with E-state index in [0.29, 0.717) is 0 Å². The Morgan fingerprint density at radius 1 is 1.11 bits per heavy atom. The highest BCUT2D eigenvalue weighted by atomic mass is 16.5. The van der Waals surface area contributed by atoms with E-state index >= 15 is 0 Å². The Balaban J connectivity index is 1.74. The molecule has 1 atom stereocenters. The smallest absolute Gasteiger partial charge is 0.0506 e. The third kappa shape index (κ3) is 4.87. The monoisotopic (exact) mass is 254 g/mol. The highest BCUT2D eigenvalue weighted by Crippen LogP contribution is 2.18. The van der Waals surface area contributed by atoms with Gasteiger partial charge in [-0.15, -0.1) is 0 Å². The summed E-state index contributed by atoms with van der Waals surface area (Å²) in [5, 5.41) is 3.46. The quantitative estimate of drug-likeness (QED) is 0.786. The fourth-order valence-corrected chi connectivity index (χ4v) is 3.32. The minimum atomic E-state index is 0.784. The van der Waals surface area contributed by atoms with Gasteiger partial charge in [0.05, 0.1) is 6.61 Å². The molecule has 3 heteroatoms. The molecule has 1 unspecified atom stereocenters. The summed E-state index contributed by atoms with van der Waals surface area (Å²) in [6, 6.07) is 0. The van der Waals surface area contributed by atoms with Gasteiger partial charge in [-0.3, -0.25) is 0 Å². The molecule has 0 aromatic heterocycles. The van der Waals surface area contributed by atoms with Crippen LogP contribution in [0.25, 0.3) is 0 Å². The van der Waals surface area contributed by atoms with Crippen molar-refractivity contribution in [2.75, 3.05) is 45.9 Å². The first-order valence-corrected chi connectivity index (χ1v) is 7.89. The lowest BCUT2D eigenvalue weighted by Gasteiger charge is -2.33. The first-order chi connectivity index (χ1) is 8.88. The van der Waals surface area contributed by atoms with Crippen LogP contribution in [0.2, 0.25) is 0 Å². The Kier molecular flexibility index (Phi) is 6.46. The molecule has 2 rings (SSSR count). The molecule has 0 amide bonds. The van der Waals surface area contributed by atoms with Gasteiger partial charge in [-0.25, -0.2) is 0 Å². The van der Waals surface area contributed by atoms with Gasteiger partial charge in [0, 0.05) is 19.7 Å². The van der Waals surface area contributed by atoms with Gasteiger partial charge in [0.15, 0.2) is 0 Å². The van der Waals surface area contributed by atoms with Crippen LogP contribution < -0.4 is 5.32 Å². The van der Waals surface area contributed by atoms with Gasteiger partial charge < -0.3 is 15.0 Å². The van der Waals surface area contributed by atoms with Crippen molar-refractivity contribution >= 4 is 0 Å². The van der Waals surface area contributed by atoms with Gasteiger partial charge in [0.2, 0.25) is 0 Å². The number of nitrogens with one attached hydrogen (secondary N) is 1. The maximum atomic E-state index is 5.61. The molecule has 2 aliphatic heterocycles. The topological polar surface area (TPSA) is 24.5 Å². The molecule has 0 bridgehead atoms. The number of hydrogen-bond acceptors (Lipinski definition) is 3. The van der Waals surface area contributed by atoms with Crippen molar-refractivity contribution in [2.45, 2.75) is 39.0 Å². The maximum Gasteiger partial charge on any atom is 0.0506 e. The molecule has 2 aliphatic rings. The zero-order chi connectivity index (χ0) is 12.6. The van der Waals surface area contributed by atoms with Crippen molar-refractivity contribution in [3.63, 3.8) is 0 Å². The van der Waals surface area contributed by atoms with Crippen molar-refractivity contribution in [3.05, 3.63) is 0 Å². The first-order valence-electron chi connectivity index (χ1n) is 7.89. The fraction of sp³-hybridized carbons (Fsp3) is 1.00. The van der Waals surface area contributed by atoms with Gasteiger partial charge >= 0.3 is 0 Å². The SMILES string of the molecule is CCCN(CC1CCNCC1)CC1CCCOC1. The highest BCUT2D eigenvalue weighted by molar-refractivity contribution is 4.75. The molecule has 1 N–H and O–H groups in total. The highest BCUT2D eigenvalue weighted by Gasteiger charge is 2.21. The molecular formula is C15H30N2O. The minimum absolute atomic E-state index is 0.784. The lowest BCUT2D eigenvalue weighted by atomic mass is 9.96. The zero-order valence-corrected chi connectivity index (χ0v) is 12.0. The lowest BCUT2D eigenvalue weighted by Crippen LogP contribution is -2.40. The third-order valence-corrected chi connectivity index (χ3v) is 4.29. The fourth-order valence-electron chi connectivity index (χ4n) is 3.32. The summed E-state index contributed by atoms with van der Waals surface area (Å²) in [7, 11) is 0. The number of ether oxygens (including phenoxy) is 1. The molecule has 0 radical (unpaired) electrons. The Morgan fingerprint density at radius 2 is 1.89 bits per heavy atom. The predicted molar refractivity (Wildman–Crippen MR) is 75.9 cm³/mol. The van der Waals surface area contributed by atoms with Gasteiger partial charge in [-0.1, -0.05) is 6.92 Å². The van der Waals surface area contributed by atoms with Crippen LogP contribution in [0.15, 0.2) is 0 Å². The van der Waals surface area contributed by atoms with Crippen LogP contribution in [0.5, 0.6) is 0 Å². The van der Waals surface area contributed by atoms with Crippen molar-refractivity contribution in [2.24, 2.45) is 11.8 Å². The molecule has 0 aromatic carbocycles. The van der Waals surface area contributed by atoms with Crippen molar-refractivity contribution in [3.8, 4) is 0 Å². The molecule has 0 aromatic rings. The van der Waals surface area contributed by atoms with E-state index in [4.69, 9.17) is 4.74 Å². The summed E-state index contributed by atoms with van der Waals surface area (Å²) >= 11 is 0. The van der Waals surface area contributed by atoms with Crippen LogP contribution in [0.1, 0.15) is 39.0 Å². The van der Waals surface area contributed by atoms with E-state index in [2.05, 4.69) is 17.1 Å². The van der Waals surface area contributed by atoms with Gasteiger partial charge in [-0.2, -0.15) is 0 Å². The van der Waals surface area contributed by atoms with Crippen LogP contribution in [-0.2, 0) is 4.74 Å². The largest absolute Gasteiger partial charge is 0.381 e. The average molecular weight is 254 g/mol. The van der Waals surface area contributed by atoms with Crippen molar-refractivity contribution in [1.29, 1.82) is 0 Å². The van der Waals surface area contributed by atoms with E-state index in [1.165, 1.54) is 64.8 Å². The summed E-state index contributed by atoms with van der Waals surface area (Å²) in [5.74, 6) is 1.70. The Hall–Kier alpha value is -0.120. The van der Waals surface area contributed by atoms with E-state index in [1.807, 2.05) is 0 Å². The second-order valence-corrected chi connectivity index (χ2v) is 6.04. The number of piperidine rings is 1. The molecule has 2 saturated heterocycles. The Bertz CT molecular complexity index is 191. The molecule has 0 aliphatic carbocycles. The van der Waals surface area contributed by atoms with Crippen molar-refractivity contribution < 1.29 is 4.74 Å². The molecule has 18 heavy (non-hydrogen) atoms. The van der Waals surface area contributed by atoms with Gasteiger partial charge in [-0.05, 0) is 63.6 Å². The molecule has 2 fully saturated rings. The Labute approximate surface area is 112 Å². The summed E-state index contributed by atoms with van der Waals surface area (Å²) in [6.07, 6.45) is 6.63. The maximum absolute atomic E-state index is 5.61. The third-order valence-electron chi connectivity index (χ3n) is 4.29. The molecule has 2 heterocycles. The van der Waals surface area contributed by atoms with Crippen LogP contribution in [0.3, 0.4) is 0 Å². The minimum Gasteiger partial charge on any atom is -0.381 e. The van der Waals surface area contributed by atoms with Gasteiger partial charge in [0.1, 0.15) is 0 Å². The number of hydrogen-bond donors (Lipinski definition) is 1. The zero-order valence-electron chi connectivity index (χ0n) is 12.0. The molecule has 0 spiro atoms. The number of nitrogens with zero attached hydrogens (tertiary/aromatic N) is 1. The van der Waals surface area contributed by atoms with E-state index < -0.39 is 0 Å². The Morgan fingerprint density at radius 3 is 2.56 bits per heavy atom. The van der Waals surface area contributed by atoms with E-state index in [1.54, 1.807) is 0 Å². The normalized spacial score (nSPS) is 26.7. The van der Waals surface area contributed by atoms with E-state index in [9.17, 15) is 0 Å².